The van der Waals surface area contributed by atoms with Gasteiger partial charge in [-0.05, 0) is 100 Å². The number of urea groups is 1. The molecule has 0 spiro atoms. The van der Waals surface area contributed by atoms with E-state index < -0.39 is 17.9 Å². The first-order valence-corrected chi connectivity index (χ1v) is 16.8. The molecule has 0 fully saturated rings. The summed E-state index contributed by atoms with van der Waals surface area (Å²) in [6.45, 7) is 8.01. The van der Waals surface area contributed by atoms with E-state index in [4.69, 9.17) is 18.9 Å². The first-order valence-electron chi connectivity index (χ1n) is 16.8. The van der Waals surface area contributed by atoms with Gasteiger partial charge in [-0.3, -0.25) is 9.69 Å². The molecular formula is C37H47FN4O7. The van der Waals surface area contributed by atoms with E-state index in [1.165, 1.54) is 24.3 Å². The summed E-state index contributed by atoms with van der Waals surface area (Å²) in [7, 11) is 2.04. The number of rotatable bonds is 8. The molecule has 2 aliphatic heterocycles. The van der Waals surface area contributed by atoms with Gasteiger partial charge in [0.15, 0.2) is 11.5 Å². The highest BCUT2D eigenvalue weighted by Gasteiger charge is 2.30. The number of anilines is 2. The van der Waals surface area contributed by atoms with Gasteiger partial charge in [-0.25, -0.2) is 9.18 Å². The number of hydrogen-bond donors (Lipinski definition) is 3. The zero-order chi connectivity index (χ0) is 34.9. The Hall–Kier alpha value is -4.39. The van der Waals surface area contributed by atoms with Crippen molar-refractivity contribution in [2.75, 3.05) is 50.8 Å². The van der Waals surface area contributed by atoms with Crippen LogP contribution in [0, 0.1) is 11.7 Å². The molecule has 0 aliphatic carbocycles. The number of carbonyl (C=O) groups is 2. The smallest absolute Gasteiger partial charge is 0.323 e. The highest BCUT2D eigenvalue weighted by atomic mass is 19.1. The monoisotopic (exact) mass is 678 g/mol. The van der Waals surface area contributed by atoms with E-state index in [0.717, 1.165) is 36.3 Å². The molecule has 49 heavy (non-hydrogen) atoms. The quantitative estimate of drug-likeness (QED) is 0.261. The number of aliphatic hydroxyl groups excluding tert-OH is 1. The minimum atomic E-state index is -0.548. The predicted molar refractivity (Wildman–Crippen MR) is 185 cm³/mol. The maximum atomic E-state index is 14.4. The third-order valence-electron chi connectivity index (χ3n) is 8.79. The molecule has 0 saturated carbocycles. The second-order valence-corrected chi connectivity index (χ2v) is 13.0. The number of ether oxygens (including phenoxy) is 4. The second kappa shape index (κ2) is 16.8. The van der Waals surface area contributed by atoms with Crippen LogP contribution in [-0.2, 0) is 11.3 Å². The average molecular weight is 679 g/mol. The fourth-order valence-corrected chi connectivity index (χ4v) is 6.01. The fraction of sp³-hybridized carbons (Fsp3) is 0.459. The zero-order valence-corrected chi connectivity index (χ0v) is 28.6. The Labute approximate surface area is 287 Å². The Kier molecular flexibility index (Phi) is 12.3. The van der Waals surface area contributed by atoms with Crippen LogP contribution in [0.1, 0.15) is 56.0 Å². The lowest BCUT2D eigenvalue weighted by atomic mass is 10.0. The Morgan fingerprint density at radius 3 is 2.49 bits per heavy atom. The molecule has 0 radical (unpaired) electrons. The van der Waals surface area contributed by atoms with Crippen molar-refractivity contribution >= 4 is 23.3 Å². The molecule has 3 N–H and O–H groups in total. The molecule has 2 heterocycles. The largest absolute Gasteiger partial charge is 0.490 e. The number of aliphatic hydroxyl groups is 1. The molecule has 0 aromatic heterocycles. The van der Waals surface area contributed by atoms with Gasteiger partial charge in [0.1, 0.15) is 11.6 Å². The molecule has 3 aromatic rings. The molecule has 0 bridgehead atoms. The van der Waals surface area contributed by atoms with Crippen molar-refractivity contribution in [2.45, 2.75) is 64.8 Å². The lowest BCUT2D eigenvalue weighted by molar-refractivity contribution is -0.0177. The van der Waals surface area contributed by atoms with Crippen molar-refractivity contribution < 1.29 is 38.0 Å². The number of benzene rings is 3. The van der Waals surface area contributed by atoms with Crippen molar-refractivity contribution in [2.24, 2.45) is 5.92 Å². The van der Waals surface area contributed by atoms with Gasteiger partial charge in [0.25, 0.3) is 5.91 Å². The maximum Gasteiger partial charge on any atom is 0.323 e. The summed E-state index contributed by atoms with van der Waals surface area (Å²) in [4.78, 5) is 31.0. The third-order valence-corrected chi connectivity index (χ3v) is 8.79. The van der Waals surface area contributed by atoms with Gasteiger partial charge in [0, 0.05) is 43.5 Å². The molecule has 11 nitrogen and oxygen atoms in total. The van der Waals surface area contributed by atoms with Crippen molar-refractivity contribution in [3.05, 3.63) is 77.6 Å². The summed E-state index contributed by atoms with van der Waals surface area (Å²) in [6, 6.07) is 15.3. The first-order chi connectivity index (χ1) is 23.6. The number of nitrogens with one attached hydrogen (secondary N) is 2. The molecule has 264 valence electrons. The highest BCUT2D eigenvalue weighted by Crippen LogP contribution is 2.33. The van der Waals surface area contributed by atoms with E-state index in [-0.39, 0.29) is 43.0 Å². The van der Waals surface area contributed by atoms with Gasteiger partial charge in [-0.1, -0.05) is 13.0 Å². The van der Waals surface area contributed by atoms with E-state index in [0.29, 0.717) is 43.4 Å². The van der Waals surface area contributed by atoms with Gasteiger partial charge in [0.2, 0.25) is 6.79 Å². The van der Waals surface area contributed by atoms with Crippen LogP contribution >= 0.6 is 0 Å². The van der Waals surface area contributed by atoms with Crippen LogP contribution in [0.15, 0.2) is 60.7 Å². The first kappa shape index (κ1) is 35.9. The highest BCUT2D eigenvalue weighted by molar-refractivity contribution is 6.02. The molecule has 2 aliphatic rings. The van der Waals surface area contributed by atoms with Crippen LogP contribution in [0.25, 0.3) is 0 Å². The third kappa shape index (κ3) is 9.84. The van der Waals surface area contributed by atoms with Gasteiger partial charge >= 0.3 is 6.03 Å². The van der Waals surface area contributed by atoms with E-state index in [9.17, 15) is 19.1 Å². The lowest BCUT2D eigenvalue weighted by Crippen LogP contribution is -2.47. The van der Waals surface area contributed by atoms with E-state index in [1.54, 1.807) is 30.0 Å². The summed E-state index contributed by atoms with van der Waals surface area (Å²) < 4.78 is 37.1. The number of nitrogens with zero attached hydrogens (tertiary/aromatic N) is 2. The number of carbonyl (C=O) groups excluding carboxylic acids is 2. The summed E-state index contributed by atoms with van der Waals surface area (Å²) in [5.41, 5.74) is 2.15. The Balaban J connectivity index is 1.36. The topological polar surface area (TPSA) is 122 Å². The summed E-state index contributed by atoms with van der Waals surface area (Å²) in [5.74, 6) is 1.06. The predicted octanol–water partition coefficient (Wildman–Crippen LogP) is 6.13. The van der Waals surface area contributed by atoms with Crippen molar-refractivity contribution in [1.29, 1.82) is 0 Å². The molecule has 5 rings (SSSR count). The lowest BCUT2D eigenvalue weighted by Gasteiger charge is -2.36. The fourth-order valence-electron chi connectivity index (χ4n) is 6.01. The Morgan fingerprint density at radius 1 is 1.00 bits per heavy atom. The molecule has 3 aromatic carbocycles. The molecule has 4 atom stereocenters. The molecule has 3 amide bonds. The number of amides is 3. The number of halogens is 1. The minimum absolute atomic E-state index is 0.0915. The van der Waals surface area contributed by atoms with E-state index in [1.807, 2.05) is 32.2 Å². The minimum Gasteiger partial charge on any atom is -0.490 e. The summed E-state index contributed by atoms with van der Waals surface area (Å²) in [5, 5.41) is 15.7. The van der Waals surface area contributed by atoms with Crippen LogP contribution in [-0.4, -0.2) is 85.2 Å². The number of fused-ring (bicyclic) bond motifs is 2. The standard InChI is InChI=1S/C37H47FN4O7/c1-24-19-42(25(2)22-43)36(44)31-18-30(40-37(45)39-29-11-9-28(38)10-12-29)13-15-32(31)49-26(3)7-5-6-16-46-35(24)21-41(4)20-27-8-14-33-34(17-27)48-23-47-33/h8-15,17-18,24-26,35,43H,5-7,16,19-23H2,1-4H3,(H2,39,40,45)/t24-,25+,26-,35-/m1/s1. The summed E-state index contributed by atoms with van der Waals surface area (Å²) >= 11 is 0. The zero-order valence-electron chi connectivity index (χ0n) is 28.6. The molecular weight excluding hydrogens is 631 g/mol. The van der Waals surface area contributed by atoms with E-state index in [2.05, 4.69) is 22.5 Å². The molecule has 0 unspecified atom stereocenters. The van der Waals surface area contributed by atoms with Gasteiger partial charge in [-0.2, -0.15) is 0 Å². The SMILES string of the molecule is C[C@@H]1CCCCO[C@H](CN(C)Cc2ccc3c(c2)OCO3)[C@H](C)CN([C@@H](C)CO)C(=O)c2cc(NC(=O)Nc3ccc(F)cc3)ccc2O1. The van der Waals surface area contributed by atoms with Crippen molar-refractivity contribution in [1.82, 2.24) is 9.80 Å². The Morgan fingerprint density at radius 2 is 1.71 bits per heavy atom. The van der Waals surface area contributed by atoms with Crippen LogP contribution in [0.2, 0.25) is 0 Å². The van der Waals surface area contributed by atoms with Crippen LogP contribution in [0.3, 0.4) is 0 Å². The Bertz CT molecular complexity index is 1570. The normalized spacial score (nSPS) is 20.6. The van der Waals surface area contributed by atoms with Crippen LogP contribution in [0.5, 0.6) is 17.2 Å². The average Bonchev–Trinajstić information content (AvgIpc) is 3.55. The van der Waals surface area contributed by atoms with Crippen LogP contribution in [0.4, 0.5) is 20.6 Å². The van der Waals surface area contributed by atoms with Crippen LogP contribution < -0.4 is 24.8 Å². The molecule has 0 saturated heterocycles. The molecule has 12 heteroatoms. The van der Waals surface area contributed by atoms with Crippen molar-refractivity contribution in [3.8, 4) is 17.2 Å². The maximum absolute atomic E-state index is 14.4. The van der Waals surface area contributed by atoms with Gasteiger partial charge in [0.05, 0.1) is 30.4 Å². The number of hydrogen-bond acceptors (Lipinski definition) is 8. The van der Waals surface area contributed by atoms with Crippen molar-refractivity contribution in [3.63, 3.8) is 0 Å². The second-order valence-electron chi connectivity index (χ2n) is 13.0. The number of likely N-dealkylation sites (N-methyl/N-ethyl adjacent to an activating group) is 1. The summed E-state index contributed by atoms with van der Waals surface area (Å²) in [6.07, 6.45) is 2.13. The van der Waals surface area contributed by atoms with E-state index >= 15 is 0 Å². The van der Waals surface area contributed by atoms with Gasteiger partial charge in [-0.15, -0.1) is 0 Å². The van der Waals surface area contributed by atoms with Gasteiger partial charge < -0.3 is 39.6 Å².